The average molecular weight is 339 g/mol. The summed E-state index contributed by atoms with van der Waals surface area (Å²) in [5, 5.41) is 7.32. The number of likely N-dealkylation sites (N-methyl/N-ethyl adjacent to an activating group) is 1. The van der Waals surface area contributed by atoms with Crippen LogP contribution in [0.15, 0.2) is 27.5 Å². The van der Waals surface area contributed by atoms with Gasteiger partial charge in [-0.05, 0) is 34.5 Å². The Morgan fingerprint density at radius 3 is 2.70 bits per heavy atom. The van der Waals surface area contributed by atoms with Gasteiger partial charge in [0.15, 0.2) is 0 Å². The van der Waals surface area contributed by atoms with Gasteiger partial charge < -0.3 is 9.84 Å². The Labute approximate surface area is 127 Å². The number of aromatic nitrogens is 3. The Hall–Kier alpha value is -1.27. The molecule has 20 heavy (non-hydrogen) atoms. The van der Waals surface area contributed by atoms with Gasteiger partial charge in [0.2, 0.25) is 11.7 Å². The van der Waals surface area contributed by atoms with Crippen molar-refractivity contribution < 1.29 is 4.52 Å². The summed E-state index contributed by atoms with van der Waals surface area (Å²) in [7, 11) is 1.95. The lowest BCUT2D eigenvalue weighted by Crippen LogP contribution is -2.39. The van der Waals surface area contributed by atoms with Crippen molar-refractivity contribution in [3.63, 3.8) is 0 Å². The fourth-order valence-corrected chi connectivity index (χ4v) is 2.37. The molecule has 0 bridgehead atoms. The highest BCUT2D eigenvalue weighted by molar-refractivity contribution is 9.10. The zero-order valence-electron chi connectivity index (χ0n) is 12.1. The number of rotatable bonds is 4. The Bertz CT molecular complexity index is 577. The highest BCUT2D eigenvalue weighted by Crippen LogP contribution is 2.23. The Morgan fingerprint density at radius 2 is 2.10 bits per heavy atom. The van der Waals surface area contributed by atoms with Gasteiger partial charge in [-0.15, -0.1) is 0 Å². The summed E-state index contributed by atoms with van der Waals surface area (Å²) in [6.07, 6.45) is 4.15. The molecule has 108 valence electrons. The van der Waals surface area contributed by atoms with Crippen molar-refractivity contribution in [2.24, 2.45) is 5.41 Å². The molecule has 2 aromatic heterocycles. The fourth-order valence-electron chi connectivity index (χ4n) is 2.01. The molecule has 0 aliphatic rings. The number of pyridine rings is 1. The first-order valence-electron chi connectivity index (χ1n) is 6.51. The van der Waals surface area contributed by atoms with Crippen LogP contribution >= 0.6 is 15.9 Å². The second-order valence-corrected chi connectivity index (χ2v) is 6.73. The van der Waals surface area contributed by atoms with E-state index in [-0.39, 0.29) is 11.5 Å². The highest BCUT2D eigenvalue weighted by atomic mass is 79.9. The van der Waals surface area contributed by atoms with Gasteiger partial charge in [-0.2, -0.15) is 4.98 Å². The molecule has 5 nitrogen and oxygen atoms in total. The molecule has 1 N–H and O–H groups in total. The smallest absolute Gasteiger partial charge is 0.228 e. The molecule has 2 heterocycles. The van der Waals surface area contributed by atoms with Gasteiger partial charge in [0.05, 0.1) is 0 Å². The van der Waals surface area contributed by atoms with E-state index >= 15 is 0 Å². The van der Waals surface area contributed by atoms with E-state index in [0.29, 0.717) is 18.1 Å². The van der Waals surface area contributed by atoms with Crippen LogP contribution in [0.4, 0.5) is 0 Å². The van der Waals surface area contributed by atoms with E-state index in [4.69, 9.17) is 4.52 Å². The number of halogens is 1. The predicted molar refractivity (Wildman–Crippen MR) is 81.2 cm³/mol. The molecule has 0 radical (unpaired) electrons. The van der Waals surface area contributed by atoms with E-state index < -0.39 is 0 Å². The van der Waals surface area contributed by atoms with E-state index in [2.05, 4.69) is 57.1 Å². The standard InChI is InChI=1S/C14H19BrN4O/c1-14(2,3)11(16-4)6-12-18-13(19-20-12)9-5-10(15)8-17-7-9/h5,7-8,11,16H,6H2,1-4H3. The largest absolute Gasteiger partial charge is 0.339 e. The Morgan fingerprint density at radius 1 is 1.35 bits per heavy atom. The van der Waals surface area contributed by atoms with Crippen LogP contribution in [-0.2, 0) is 6.42 Å². The van der Waals surface area contributed by atoms with Crippen molar-refractivity contribution in [2.45, 2.75) is 33.2 Å². The monoisotopic (exact) mass is 338 g/mol. The predicted octanol–water partition coefficient (Wildman–Crippen LogP) is 3.07. The van der Waals surface area contributed by atoms with Gasteiger partial charge in [0.25, 0.3) is 0 Å². The first-order chi connectivity index (χ1) is 9.40. The summed E-state index contributed by atoms with van der Waals surface area (Å²) in [5.74, 6) is 1.20. The summed E-state index contributed by atoms with van der Waals surface area (Å²) in [6.45, 7) is 6.55. The zero-order chi connectivity index (χ0) is 14.8. The molecule has 0 aliphatic carbocycles. The quantitative estimate of drug-likeness (QED) is 0.927. The molecule has 2 rings (SSSR count). The van der Waals surface area contributed by atoms with Gasteiger partial charge in [-0.3, -0.25) is 4.98 Å². The molecule has 0 amide bonds. The Kier molecular flexibility index (Phi) is 4.55. The molecule has 2 aromatic rings. The molecule has 0 aliphatic heterocycles. The summed E-state index contributed by atoms with van der Waals surface area (Å²) >= 11 is 3.39. The lowest BCUT2D eigenvalue weighted by atomic mass is 9.85. The maximum atomic E-state index is 5.34. The minimum absolute atomic E-state index is 0.126. The summed E-state index contributed by atoms with van der Waals surface area (Å²) in [4.78, 5) is 8.55. The molecule has 0 saturated carbocycles. The molecule has 1 atom stereocenters. The van der Waals surface area contributed by atoms with Gasteiger partial charge >= 0.3 is 0 Å². The third-order valence-electron chi connectivity index (χ3n) is 3.20. The van der Waals surface area contributed by atoms with E-state index in [1.165, 1.54) is 0 Å². The van der Waals surface area contributed by atoms with Gasteiger partial charge in [-0.25, -0.2) is 0 Å². The van der Waals surface area contributed by atoms with Crippen LogP contribution in [0.5, 0.6) is 0 Å². The minimum Gasteiger partial charge on any atom is -0.339 e. The summed E-state index contributed by atoms with van der Waals surface area (Å²) in [5.41, 5.74) is 0.965. The first kappa shape index (κ1) is 15.1. The van der Waals surface area contributed by atoms with Crippen LogP contribution in [-0.4, -0.2) is 28.2 Å². The highest BCUT2D eigenvalue weighted by Gasteiger charge is 2.25. The minimum atomic E-state index is 0.126. The molecule has 0 fully saturated rings. The van der Waals surface area contributed by atoms with Crippen molar-refractivity contribution in [2.75, 3.05) is 7.05 Å². The maximum Gasteiger partial charge on any atom is 0.228 e. The molecular weight excluding hydrogens is 320 g/mol. The van der Waals surface area contributed by atoms with E-state index in [0.717, 1.165) is 10.0 Å². The van der Waals surface area contributed by atoms with Crippen molar-refractivity contribution >= 4 is 15.9 Å². The molecule has 0 aromatic carbocycles. The number of nitrogens with zero attached hydrogens (tertiary/aromatic N) is 3. The topological polar surface area (TPSA) is 63.8 Å². The fraction of sp³-hybridized carbons (Fsp3) is 0.500. The van der Waals surface area contributed by atoms with Gasteiger partial charge in [-0.1, -0.05) is 25.9 Å². The van der Waals surface area contributed by atoms with Crippen LogP contribution in [0, 0.1) is 5.41 Å². The van der Waals surface area contributed by atoms with Gasteiger partial charge in [0, 0.05) is 34.9 Å². The van der Waals surface area contributed by atoms with E-state index in [9.17, 15) is 0 Å². The van der Waals surface area contributed by atoms with Crippen LogP contribution in [0.2, 0.25) is 0 Å². The molecule has 6 heteroatoms. The molecular formula is C14H19BrN4O. The SMILES string of the molecule is CNC(Cc1nc(-c2cncc(Br)c2)no1)C(C)(C)C. The maximum absolute atomic E-state index is 5.34. The summed E-state index contributed by atoms with van der Waals surface area (Å²) in [6, 6.07) is 2.19. The second-order valence-electron chi connectivity index (χ2n) is 5.81. The molecule has 1 unspecified atom stereocenters. The van der Waals surface area contributed by atoms with Crippen molar-refractivity contribution in [1.29, 1.82) is 0 Å². The van der Waals surface area contributed by atoms with Gasteiger partial charge in [0.1, 0.15) is 0 Å². The lowest BCUT2D eigenvalue weighted by molar-refractivity contribution is 0.255. The lowest BCUT2D eigenvalue weighted by Gasteiger charge is -2.29. The third-order valence-corrected chi connectivity index (χ3v) is 3.64. The Balaban J connectivity index is 2.17. The second kappa shape index (κ2) is 6.01. The first-order valence-corrected chi connectivity index (χ1v) is 7.30. The van der Waals surface area contributed by atoms with Crippen molar-refractivity contribution in [1.82, 2.24) is 20.4 Å². The molecule has 0 spiro atoms. The third kappa shape index (κ3) is 3.64. The van der Waals surface area contributed by atoms with Crippen molar-refractivity contribution in [3.8, 4) is 11.4 Å². The number of hydrogen-bond acceptors (Lipinski definition) is 5. The average Bonchev–Trinajstić information content (AvgIpc) is 2.83. The number of nitrogens with one attached hydrogen (secondary N) is 1. The summed E-state index contributed by atoms with van der Waals surface area (Å²) < 4.78 is 6.23. The number of hydrogen-bond donors (Lipinski definition) is 1. The van der Waals surface area contributed by atoms with Crippen LogP contribution in [0.1, 0.15) is 26.7 Å². The van der Waals surface area contributed by atoms with Crippen molar-refractivity contribution in [3.05, 3.63) is 28.8 Å². The van der Waals surface area contributed by atoms with Crippen LogP contribution in [0.3, 0.4) is 0 Å². The van der Waals surface area contributed by atoms with E-state index in [1.54, 1.807) is 12.4 Å². The van der Waals surface area contributed by atoms with Crippen LogP contribution in [0.25, 0.3) is 11.4 Å². The zero-order valence-corrected chi connectivity index (χ0v) is 13.7. The van der Waals surface area contributed by atoms with E-state index in [1.807, 2.05) is 13.1 Å². The normalized spacial score (nSPS) is 13.4. The molecule has 0 saturated heterocycles. The van der Waals surface area contributed by atoms with Crippen LogP contribution < -0.4 is 5.32 Å².